The molecule has 0 unspecified atom stereocenters. The largest absolute Gasteiger partial charge is 0.390 e. The fraction of sp³-hybridized carbons (Fsp3) is 0.379. The zero-order valence-corrected chi connectivity index (χ0v) is 21.2. The summed E-state index contributed by atoms with van der Waals surface area (Å²) >= 11 is 0. The molecule has 8 heteroatoms. The highest BCUT2D eigenvalue weighted by Crippen LogP contribution is 2.35. The monoisotopic (exact) mass is 493 g/mol. The molecule has 0 radical (unpaired) electrons. The molecule has 4 aromatic rings. The zero-order valence-electron chi connectivity index (χ0n) is 21.2. The van der Waals surface area contributed by atoms with Gasteiger partial charge in [-0.2, -0.15) is 10.4 Å². The molecule has 0 saturated carbocycles. The molecule has 1 saturated heterocycles. The van der Waals surface area contributed by atoms with Gasteiger partial charge in [0, 0.05) is 36.1 Å². The molecular weight excluding hydrogens is 462 g/mol. The minimum absolute atomic E-state index is 0.162. The van der Waals surface area contributed by atoms with E-state index >= 15 is 0 Å². The summed E-state index contributed by atoms with van der Waals surface area (Å²) in [6, 6.07) is 16.8. The van der Waals surface area contributed by atoms with Gasteiger partial charge < -0.3 is 15.3 Å². The van der Waals surface area contributed by atoms with E-state index in [1.165, 1.54) is 11.1 Å². The van der Waals surface area contributed by atoms with Crippen LogP contribution in [0, 0.1) is 17.2 Å². The van der Waals surface area contributed by atoms with Crippen LogP contribution >= 0.6 is 0 Å². The number of benzene rings is 2. The second-order valence-electron chi connectivity index (χ2n) is 10.7. The van der Waals surface area contributed by atoms with Crippen molar-refractivity contribution in [3.8, 4) is 11.9 Å². The standard InChI is InChI=1S/C29H31N7O/c1-29(2,37)21-11-12-35(17-21)27-14-28(32-18-31-27)36-26-13-22(10-9-20(26)16-33-36)34-25-8-4-6-23-19(15-30)5-3-7-24(23)25/h3,5,7,9-10,13-14,16,18,21,25,34,37H,4,6,8,11-12,17H2,1-2H3/t21-,25+/m0/s1. The summed E-state index contributed by atoms with van der Waals surface area (Å²) in [4.78, 5) is 11.3. The number of hydrogen-bond acceptors (Lipinski definition) is 7. The average Bonchev–Trinajstić information content (AvgIpc) is 3.56. The molecule has 2 aromatic heterocycles. The normalized spacial score (nSPS) is 19.6. The number of aliphatic hydroxyl groups is 1. The predicted octanol–water partition coefficient (Wildman–Crippen LogP) is 4.77. The van der Waals surface area contributed by atoms with E-state index in [9.17, 15) is 10.4 Å². The van der Waals surface area contributed by atoms with E-state index in [1.54, 1.807) is 6.33 Å². The van der Waals surface area contributed by atoms with Gasteiger partial charge in [0.2, 0.25) is 0 Å². The quantitative estimate of drug-likeness (QED) is 0.413. The highest BCUT2D eigenvalue weighted by Gasteiger charge is 2.34. The van der Waals surface area contributed by atoms with Crippen molar-refractivity contribution in [2.24, 2.45) is 5.92 Å². The topological polar surface area (TPSA) is 103 Å². The molecule has 1 aliphatic heterocycles. The van der Waals surface area contributed by atoms with Crippen molar-refractivity contribution in [3.05, 3.63) is 71.7 Å². The van der Waals surface area contributed by atoms with Crippen molar-refractivity contribution in [1.29, 1.82) is 5.26 Å². The van der Waals surface area contributed by atoms with Crippen molar-refractivity contribution in [2.45, 2.75) is 51.2 Å². The maximum atomic E-state index is 10.4. The van der Waals surface area contributed by atoms with Gasteiger partial charge >= 0.3 is 0 Å². The number of rotatable bonds is 5. The molecule has 1 fully saturated rings. The van der Waals surface area contributed by atoms with Gasteiger partial charge in [-0.25, -0.2) is 14.6 Å². The van der Waals surface area contributed by atoms with Crippen LogP contribution in [0.2, 0.25) is 0 Å². The molecule has 2 atom stereocenters. The van der Waals surface area contributed by atoms with Crippen LogP contribution in [0.15, 0.2) is 55.0 Å². The lowest BCUT2D eigenvalue weighted by Crippen LogP contribution is -2.33. The van der Waals surface area contributed by atoms with Crippen molar-refractivity contribution < 1.29 is 5.11 Å². The Morgan fingerprint density at radius 3 is 2.78 bits per heavy atom. The Balaban J connectivity index is 1.28. The lowest BCUT2D eigenvalue weighted by atomic mass is 9.85. The second kappa shape index (κ2) is 9.16. The number of nitriles is 1. The van der Waals surface area contributed by atoms with Gasteiger partial charge in [-0.15, -0.1) is 0 Å². The Morgan fingerprint density at radius 1 is 1.11 bits per heavy atom. The van der Waals surface area contributed by atoms with E-state index in [2.05, 4.69) is 55.6 Å². The third-order valence-corrected chi connectivity index (χ3v) is 7.91. The molecule has 2 aromatic carbocycles. The van der Waals surface area contributed by atoms with E-state index in [0.29, 0.717) is 5.82 Å². The molecule has 0 bridgehead atoms. The third kappa shape index (κ3) is 4.40. The molecule has 0 spiro atoms. The Morgan fingerprint density at radius 2 is 1.97 bits per heavy atom. The minimum Gasteiger partial charge on any atom is -0.390 e. The van der Waals surface area contributed by atoms with Crippen molar-refractivity contribution >= 4 is 22.4 Å². The van der Waals surface area contributed by atoms with E-state index < -0.39 is 5.60 Å². The highest BCUT2D eigenvalue weighted by atomic mass is 16.3. The van der Waals surface area contributed by atoms with Gasteiger partial charge in [-0.1, -0.05) is 12.1 Å². The van der Waals surface area contributed by atoms with Crippen molar-refractivity contribution in [1.82, 2.24) is 19.7 Å². The lowest BCUT2D eigenvalue weighted by molar-refractivity contribution is 0.0263. The van der Waals surface area contributed by atoms with E-state index in [1.807, 2.05) is 42.9 Å². The number of aromatic nitrogens is 4. The smallest absolute Gasteiger partial charge is 0.159 e. The maximum Gasteiger partial charge on any atom is 0.159 e. The van der Waals surface area contributed by atoms with Crippen LogP contribution < -0.4 is 10.2 Å². The fourth-order valence-corrected chi connectivity index (χ4v) is 5.77. The lowest BCUT2D eigenvalue weighted by Gasteiger charge is -2.28. The minimum atomic E-state index is -0.707. The van der Waals surface area contributed by atoms with Crippen molar-refractivity contribution in [2.75, 3.05) is 23.3 Å². The first-order valence-electron chi connectivity index (χ1n) is 13.0. The third-order valence-electron chi connectivity index (χ3n) is 7.91. The Bertz CT molecular complexity index is 1500. The molecule has 0 amide bonds. The summed E-state index contributed by atoms with van der Waals surface area (Å²) in [6.45, 7) is 5.38. The second-order valence-corrected chi connectivity index (χ2v) is 10.7. The predicted molar refractivity (Wildman–Crippen MR) is 144 cm³/mol. The van der Waals surface area contributed by atoms with Gasteiger partial charge in [0.15, 0.2) is 5.82 Å². The Hall–Kier alpha value is -3.96. The van der Waals surface area contributed by atoms with Crippen LogP contribution in [0.3, 0.4) is 0 Å². The van der Waals surface area contributed by atoms with Gasteiger partial charge in [0.1, 0.15) is 12.1 Å². The van der Waals surface area contributed by atoms with E-state index in [4.69, 9.17) is 0 Å². The maximum absolute atomic E-state index is 10.4. The number of hydrogen-bond donors (Lipinski definition) is 2. The Kier molecular flexibility index (Phi) is 5.81. The molecule has 3 heterocycles. The van der Waals surface area contributed by atoms with Gasteiger partial charge in [-0.05, 0) is 74.9 Å². The molecule has 2 aliphatic rings. The highest BCUT2D eigenvalue weighted by molar-refractivity contribution is 5.83. The van der Waals surface area contributed by atoms with Crippen LogP contribution in [0.4, 0.5) is 11.5 Å². The first-order chi connectivity index (χ1) is 17.9. The summed E-state index contributed by atoms with van der Waals surface area (Å²) in [5, 5.41) is 29.4. The molecule has 1 aliphatic carbocycles. The molecule has 6 rings (SSSR count). The van der Waals surface area contributed by atoms with Crippen LogP contribution in [0.5, 0.6) is 0 Å². The van der Waals surface area contributed by atoms with Crippen LogP contribution in [-0.2, 0) is 6.42 Å². The number of nitrogens with one attached hydrogen (secondary N) is 1. The van der Waals surface area contributed by atoms with Crippen LogP contribution in [-0.4, -0.2) is 43.5 Å². The van der Waals surface area contributed by atoms with Gasteiger partial charge in [0.25, 0.3) is 0 Å². The number of fused-ring (bicyclic) bond motifs is 2. The van der Waals surface area contributed by atoms with Gasteiger partial charge in [-0.3, -0.25) is 0 Å². The SMILES string of the molecule is CC(C)(O)[C@H]1CCN(c2cc(-n3ncc4ccc(N[C@@H]5CCCc6c(C#N)cccc65)cc43)ncn2)C1. The van der Waals surface area contributed by atoms with Gasteiger partial charge in [0.05, 0.1) is 35.0 Å². The average molecular weight is 494 g/mol. The van der Waals surface area contributed by atoms with E-state index in [-0.39, 0.29) is 12.0 Å². The van der Waals surface area contributed by atoms with E-state index in [0.717, 1.165) is 66.7 Å². The van der Waals surface area contributed by atoms with Crippen LogP contribution in [0.25, 0.3) is 16.7 Å². The molecule has 188 valence electrons. The first-order valence-corrected chi connectivity index (χ1v) is 13.0. The number of nitrogens with zero attached hydrogens (tertiary/aromatic N) is 6. The molecular formula is C29H31N7O. The molecule has 8 nitrogen and oxygen atoms in total. The van der Waals surface area contributed by atoms with Crippen molar-refractivity contribution in [3.63, 3.8) is 0 Å². The Labute approximate surface area is 216 Å². The fourth-order valence-electron chi connectivity index (χ4n) is 5.77. The zero-order chi connectivity index (χ0) is 25.6. The summed E-state index contributed by atoms with van der Waals surface area (Å²) in [5.74, 6) is 1.77. The summed E-state index contributed by atoms with van der Waals surface area (Å²) in [5.41, 5.74) is 4.44. The summed E-state index contributed by atoms with van der Waals surface area (Å²) in [6.07, 6.45) is 7.41. The molecule has 2 N–H and O–H groups in total. The van der Waals surface area contributed by atoms with Crippen LogP contribution in [0.1, 0.15) is 55.8 Å². The number of anilines is 2. The summed E-state index contributed by atoms with van der Waals surface area (Å²) < 4.78 is 1.86. The summed E-state index contributed by atoms with van der Waals surface area (Å²) in [7, 11) is 0. The first kappa shape index (κ1) is 23.4. The molecule has 37 heavy (non-hydrogen) atoms.